The molecule has 120 valence electrons. The molecule has 0 saturated carbocycles. The SMILES string of the molecule is CC(C)N1CC[C@@H](Sc2nnc3n(C)c4ccccc4n23)C1=O. The van der Waals surface area contributed by atoms with E-state index in [2.05, 4.69) is 36.2 Å². The second kappa shape index (κ2) is 5.26. The summed E-state index contributed by atoms with van der Waals surface area (Å²) in [7, 11) is 1.99. The Bertz CT molecular complexity index is 897. The molecule has 23 heavy (non-hydrogen) atoms. The molecule has 1 aliphatic heterocycles. The van der Waals surface area contributed by atoms with Crippen LogP contribution in [0.5, 0.6) is 0 Å². The second-order valence-corrected chi connectivity index (χ2v) is 7.36. The number of hydrogen-bond acceptors (Lipinski definition) is 4. The first kappa shape index (κ1) is 14.6. The van der Waals surface area contributed by atoms with Crippen molar-refractivity contribution in [1.82, 2.24) is 24.1 Å². The summed E-state index contributed by atoms with van der Waals surface area (Å²) in [5, 5.41) is 9.35. The molecule has 0 radical (unpaired) electrons. The highest BCUT2D eigenvalue weighted by Crippen LogP contribution is 2.32. The van der Waals surface area contributed by atoms with Gasteiger partial charge in [-0.1, -0.05) is 23.9 Å². The lowest BCUT2D eigenvalue weighted by atomic mass is 10.3. The van der Waals surface area contributed by atoms with Gasteiger partial charge in [-0.25, -0.2) is 0 Å². The number of nitrogens with zero attached hydrogens (tertiary/aromatic N) is 5. The lowest BCUT2D eigenvalue weighted by molar-refractivity contribution is -0.128. The predicted molar refractivity (Wildman–Crippen MR) is 90.6 cm³/mol. The Balaban J connectivity index is 1.73. The van der Waals surface area contributed by atoms with Gasteiger partial charge in [-0.3, -0.25) is 9.20 Å². The van der Waals surface area contributed by atoms with E-state index in [1.54, 1.807) is 0 Å². The van der Waals surface area contributed by atoms with Crippen LogP contribution in [0, 0.1) is 0 Å². The lowest BCUT2D eigenvalue weighted by Gasteiger charge is -2.20. The van der Waals surface area contributed by atoms with E-state index >= 15 is 0 Å². The third-order valence-electron chi connectivity index (χ3n) is 4.46. The third-order valence-corrected chi connectivity index (χ3v) is 5.66. The quantitative estimate of drug-likeness (QED) is 0.740. The maximum absolute atomic E-state index is 12.5. The molecule has 0 bridgehead atoms. The Morgan fingerprint density at radius 2 is 1.96 bits per heavy atom. The van der Waals surface area contributed by atoms with Gasteiger partial charge in [0.25, 0.3) is 0 Å². The van der Waals surface area contributed by atoms with Gasteiger partial charge in [0, 0.05) is 19.6 Å². The van der Waals surface area contributed by atoms with Crippen LogP contribution >= 0.6 is 11.8 Å². The maximum atomic E-state index is 12.5. The standard InChI is InChI=1S/C16H19N5OS/c1-10(2)20-9-8-13(14(20)22)23-16-18-17-15-19(3)11-6-4-5-7-12(11)21(15)16/h4-7,10,13H,8-9H2,1-3H3/t13-/m1/s1. The van der Waals surface area contributed by atoms with E-state index in [0.717, 1.165) is 34.9 Å². The number of thioether (sulfide) groups is 1. The zero-order valence-electron chi connectivity index (χ0n) is 13.4. The van der Waals surface area contributed by atoms with Gasteiger partial charge in [-0.2, -0.15) is 0 Å². The Kier molecular flexibility index (Phi) is 3.33. The van der Waals surface area contributed by atoms with Gasteiger partial charge in [0.1, 0.15) is 0 Å². The fourth-order valence-corrected chi connectivity index (χ4v) is 4.32. The highest BCUT2D eigenvalue weighted by molar-refractivity contribution is 8.00. The normalized spacial score (nSPS) is 18.9. The van der Waals surface area contributed by atoms with Crippen LogP contribution in [-0.4, -0.2) is 47.8 Å². The molecule has 2 aromatic heterocycles. The minimum atomic E-state index is -0.0660. The van der Waals surface area contributed by atoms with E-state index in [4.69, 9.17) is 0 Å². The number of imidazole rings is 1. The molecule has 4 rings (SSSR count). The summed E-state index contributed by atoms with van der Waals surface area (Å²) < 4.78 is 4.08. The number of benzene rings is 1. The number of hydrogen-bond donors (Lipinski definition) is 0. The molecule has 1 amide bonds. The van der Waals surface area contributed by atoms with E-state index in [0.29, 0.717) is 0 Å². The number of aromatic nitrogens is 4. The number of rotatable bonds is 3. The van der Waals surface area contributed by atoms with Gasteiger partial charge >= 0.3 is 0 Å². The average molecular weight is 329 g/mol. The van der Waals surface area contributed by atoms with Crippen molar-refractivity contribution in [3.8, 4) is 0 Å². The molecule has 1 fully saturated rings. The third kappa shape index (κ3) is 2.14. The fraction of sp³-hybridized carbons (Fsp3) is 0.438. The first-order valence-electron chi connectivity index (χ1n) is 7.83. The Morgan fingerprint density at radius 1 is 1.22 bits per heavy atom. The summed E-state index contributed by atoms with van der Waals surface area (Å²) in [5.41, 5.74) is 2.18. The van der Waals surface area contributed by atoms with Crippen LogP contribution in [0.2, 0.25) is 0 Å². The molecule has 3 aromatic rings. The van der Waals surface area contributed by atoms with Gasteiger partial charge in [0.2, 0.25) is 11.7 Å². The summed E-state index contributed by atoms with van der Waals surface area (Å²) in [6, 6.07) is 8.41. The first-order chi connectivity index (χ1) is 11.1. The van der Waals surface area contributed by atoms with Crippen LogP contribution in [0.1, 0.15) is 20.3 Å². The average Bonchev–Trinajstić information content (AvgIpc) is 3.18. The highest BCUT2D eigenvalue weighted by atomic mass is 32.2. The predicted octanol–water partition coefficient (Wildman–Crippen LogP) is 2.32. The van der Waals surface area contributed by atoms with Crippen molar-refractivity contribution in [3.63, 3.8) is 0 Å². The summed E-state index contributed by atoms with van der Waals surface area (Å²) in [5.74, 6) is 1.02. The van der Waals surface area contributed by atoms with Gasteiger partial charge in [-0.15, -0.1) is 10.2 Å². The van der Waals surface area contributed by atoms with E-state index in [1.807, 2.05) is 33.0 Å². The number of para-hydroxylation sites is 2. The van der Waals surface area contributed by atoms with Crippen molar-refractivity contribution >= 4 is 34.5 Å². The highest BCUT2D eigenvalue weighted by Gasteiger charge is 2.35. The number of aryl methyl sites for hydroxylation is 1. The van der Waals surface area contributed by atoms with E-state index in [9.17, 15) is 4.79 Å². The smallest absolute Gasteiger partial charge is 0.236 e. The van der Waals surface area contributed by atoms with Crippen molar-refractivity contribution in [2.45, 2.75) is 36.7 Å². The van der Waals surface area contributed by atoms with Gasteiger partial charge in [0.15, 0.2) is 5.16 Å². The van der Waals surface area contributed by atoms with Crippen LogP contribution in [0.15, 0.2) is 29.4 Å². The zero-order valence-corrected chi connectivity index (χ0v) is 14.2. The Morgan fingerprint density at radius 3 is 2.65 bits per heavy atom. The van der Waals surface area contributed by atoms with Crippen LogP contribution in [0.25, 0.3) is 16.8 Å². The number of fused-ring (bicyclic) bond motifs is 3. The minimum absolute atomic E-state index is 0.0660. The van der Waals surface area contributed by atoms with Crippen LogP contribution < -0.4 is 0 Å². The molecule has 1 saturated heterocycles. The van der Waals surface area contributed by atoms with Gasteiger partial charge in [-0.05, 0) is 32.4 Å². The summed E-state index contributed by atoms with van der Waals surface area (Å²) in [6.07, 6.45) is 0.862. The molecular formula is C16H19N5OS. The van der Waals surface area contributed by atoms with Crippen molar-refractivity contribution in [2.24, 2.45) is 7.05 Å². The summed E-state index contributed by atoms with van der Waals surface area (Å²) >= 11 is 1.53. The summed E-state index contributed by atoms with van der Waals surface area (Å²) in [6.45, 7) is 4.95. The molecule has 3 heterocycles. The van der Waals surface area contributed by atoms with E-state index < -0.39 is 0 Å². The molecule has 0 aliphatic carbocycles. The fourth-order valence-electron chi connectivity index (χ4n) is 3.24. The van der Waals surface area contributed by atoms with Crippen molar-refractivity contribution in [1.29, 1.82) is 0 Å². The molecule has 0 spiro atoms. The molecular weight excluding hydrogens is 310 g/mol. The van der Waals surface area contributed by atoms with Crippen molar-refractivity contribution < 1.29 is 4.79 Å². The van der Waals surface area contributed by atoms with E-state index in [1.165, 1.54) is 11.8 Å². The van der Waals surface area contributed by atoms with Gasteiger partial charge < -0.3 is 9.47 Å². The molecule has 0 unspecified atom stereocenters. The van der Waals surface area contributed by atoms with Crippen molar-refractivity contribution in [3.05, 3.63) is 24.3 Å². The second-order valence-electron chi connectivity index (χ2n) is 6.19. The molecule has 1 aromatic carbocycles. The number of carbonyl (C=O) groups excluding carboxylic acids is 1. The van der Waals surface area contributed by atoms with E-state index in [-0.39, 0.29) is 17.2 Å². The van der Waals surface area contributed by atoms with Crippen LogP contribution in [0.3, 0.4) is 0 Å². The largest absolute Gasteiger partial charge is 0.339 e. The molecule has 0 N–H and O–H groups in total. The topological polar surface area (TPSA) is 55.4 Å². The van der Waals surface area contributed by atoms with Gasteiger partial charge in [0.05, 0.1) is 16.3 Å². The first-order valence-corrected chi connectivity index (χ1v) is 8.71. The zero-order chi connectivity index (χ0) is 16.1. The molecule has 1 atom stereocenters. The Labute approximate surface area is 138 Å². The van der Waals surface area contributed by atoms with Crippen LogP contribution in [0.4, 0.5) is 0 Å². The number of likely N-dealkylation sites (tertiary alicyclic amines) is 1. The maximum Gasteiger partial charge on any atom is 0.236 e. The molecule has 7 heteroatoms. The molecule has 6 nitrogen and oxygen atoms in total. The van der Waals surface area contributed by atoms with Crippen molar-refractivity contribution in [2.75, 3.05) is 6.54 Å². The lowest BCUT2D eigenvalue weighted by Crippen LogP contribution is -2.34. The minimum Gasteiger partial charge on any atom is -0.339 e. The monoisotopic (exact) mass is 329 g/mol. The number of carbonyl (C=O) groups is 1. The summed E-state index contributed by atoms with van der Waals surface area (Å²) in [4.78, 5) is 14.5. The Hall–Kier alpha value is -2.02. The van der Waals surface area contributed by atoms with Crippen LogP contribution in [-0.2, 0) is 11.8 Å². The molecule has 1 aliphatic rings. The number of amides is 1.